The highest BCUT2D eigenvalue weighted by Crippen LogP contribution is 2.33. The molecule has 0 bridgehead atoms. The van der Waals surface area contributed by atoms with Gasteiger partial charge in [0.25, 0.3) is 0 Å². The van der Waals surface area contributed by atoms with Crippen molar-refractivity contribution in [3.63, 3.8) is 0 Å². The number of para-hydroxylation sites is 1. The highest BCUT2D eigenvalue weighted by Gasteiger charge is 2.25. The molecule has 1 aliphatic rings. The average Bonchev–Trinajstić information content (AvgIpc) is 2.69. The number of hydrogen-bond acceptors (Lipinski definition) is 5. The average molecular weight is 423 g/mol. The number of ether oxygens (including phenoxy) is 1. The van der Waals surface area contributed by atoms with Crippen molar-refractivity contribution in [2.45, 2.75) is 6.92 Å². The summed E-state index contributed by atoms with van der Waals surface area (Å²) in [4.78, 5) is 32.4. The number of halogens is 2. The van der Waals surface area contributed by atoms with Crippen molar-refractivity contribution >= 4 is 46.6 Å². The lowest BCUT2D eigenvalue weighted by molar-refractivity contribution is 0.0527. The monoisotopic (exact) mass is 422 g/mol. The van der Waals surface area contributed by atoms with Gasteiger partial charge >= 0.3 is 12.0 Å². The molecule has 1 fully saturated rings. The quantitative estimate of drug-likeness (QED) is 0.755. The van der Waals surface area contributed by atoms with Gasteiger partial charge < -0.3 is 19.9 Å². The van der Waals surface area contributed by atoms with Crippen LogP contribution < -0.4 is 10.2 Å². The molecule has 0 atom stereocenters. The van der Waals surface area contributed by atoms with E-state index in [1.165, 1.54) is 0 Å². The molecule has 2 amide bonds. The van der Waals surface area contributed by atoms with Gasteiger partial charge in [-0.25, -0.2) is 9.59 Å². The van der Waals surface area contributed by atoms with Crippen molar-refractivity contribution in [2.75, 3.05) is 43.0 Å². The molecular formula is C19H20Cl2N4O3. The zero-order valence-corrected chi connectivity index (χ0v) is 16.8. The Bertz CT molecular complexity index is 850. The van der Waals surface area contributed by atoms with E-state index in [0.717, 1.165) is 5.69 Å². The van der Waals surface area contributed by atoms with Gasteiger partial charge in [0.05, 0.1) is 33.6 Å². The van der Waals surface area contributed by atoms with Crippen LogP contribution in [0.4, 0.5) is 16.2 Å². The minimum atomic E-state index is -0.467. The van der Waals surface area contributed by atoms with Crippen molar-refractivity contribution in [1.82, 2.24) is 9.88 Å². The second kappa shape index (κ2) is 9.12. The van der Waals surface area contributed by atoms with Gasteiger partial charge in [-0.3, -0.25) is 4.98 Å². The summed E-state index contributed by atoms with van der Waals surface area (Å²) in [6.45, 7) is 4.14. The summed E-state index contributed by atoms with van der Waals surface area (Å²) in [6, 6.07) is 6.51. The van der Waals surface area contributed by atoms with Gasteiger partial charge in [0.15, 0.2) is 0 Å². The Hall–Kier alpha value is -2.51. The van der Waals surface area contributed by atoms with Gasteiger partial charge in [-0.15, -0.1) is 0 Å². The summed E-state index contributed by atoms with van der Waals surface area (Å²) in [5.41, 5.74) is 1.48. The van der Waals surface area contributed by atoms with Crippen LogP contribution in [-0.2, 0) is 4.74 Å². The number of esters is 1. The molecule has 1 saturated heterocycles. The maximum Gasteiger partial charge on any atom is 0.340 e. The smallest absolute Gasteiger partial charge is 0.340 e. The second-order valence-corrected chi connectivity index (χ2v) is 6.94. The first-order valence-electron chi connectivity index (χ1n) is 8.87. The van der Waals surface area contributed by atoms with E-state index in [4.69, 9.17) is 27.9 Å². The molecule has 2 aromatic rings. The summed E-state index contributed by atoms with van der Waals surface area (Å²) in [7, 11) is 0. The Morgan fingerprint density at radius 1 is 1.11 bits per heavy atom. The Labute approximate surface area is 173 Å². The number of carbonyl (C=O) groups is 2. The molecule has 1 aliphatic heterocycles. The number of piperazine rings is 1. The van der Waals surface area contributed by atoms with Crippen LogP contribution in [0, 0.1) is 0 Å². The van der Waals surface area contributed by atoms with Gasteiger partial charge in [0, 0.05) is 38.6 Å². The van der Waals surface area contributed by atoms with Crippen molar-refractivity contribution < 1.29 is 14.3 Å². The fourth-order valence-electron chi connectivity index (χ4n) is 3.01. The van der Waals surface area contributed by atoms with Gasteiger partial charge in [-0.1, -0.05) is 35.3 Å². The number of nitrogens with one attached hydrogen (secondary N) is 1. The lowest BCUT2D eigenvalue weighted by atomic mass is 10.2. The molecule has 9 heteroatoms. The van der Waals surface area contributed by atoms with Crippen LogP contribution in [0.25, 0.3) is 0 Å². The van der Waals surface area contributed by atoms with Crippen LogP contribution in [0.2, 0.25) is 10.0 Å². The second-order valence-electron chi connectivity index (χ2n) is 6.12. The van der Waals surface area contributed by atoms with Gasteiger partial charge in [-0.05, 0) is 19.1 Å². The minimum absolute atomic E-state index is 0.267. The van der Waals surface area contributed by atoms with Crippen molar-refractivity contribution in [1.29, 1.82) is 0 Å². The highest BCUT2D eigenvalue weighted by molar-refractivity contribution is 6.38. The molecular weight excluding hydrogens is 403 g/mol. The minimum Gasteiger partial charge on any atom is -0.462 e. The van der Waals surface area contributed by atoms with E-state index in [1.54, 1.807) is 48.5 Å². The third-order valence-corrected chi connectivity index (χ3v) is 4.93. The van der Waals surface area contributed by atoms with Crippen LogP contribution in [-0.4, -0.2) is 54.7 Å². The van der Waals surface area contributed by atoms with E-state index in [9.17, 15) is 9.59 Å². The van der Waals surface area contributed by atoms with E-state index in [0.29, 0.717) is 47.5 Å². The largest absolute Gasteiger partial charge is 0.462 e. The predicted octanol–water partition coefficient (Wildman–Crippen LogP) is 3.92. The molecule has 3 rings (SSSR count). The summed E-state index contributed by atoms with van der Waals surface area (Å²) in [5, 5.41) is 3.76. The van der Waals surface area contributed by atoms with E-state index in [1.807, 2.05) is 4.90 Å². The molecule has 0 radical (unpaired) electrons. The van der Waals surface area contributed by atoms with E-state index in [2.05, 4.69) is 10.3 Å². The lowest BCUT2D eigenvalue weighted by Gasteiger charge is -2.36. The Balaban J connectivity index is 1.64. The molecule has 148 valence electrons. The van der Waals surface area contributed by atoms with Crippen LogP contribution in [0.5, 0.6) is 0 Å². The molecule has 0 saturated carbocycles. The van der Waals surface area contributed by atoms with Crippen molar-refractivity contribution in [3.05, 3.63) is 52.3 Å². The summed E-state index contributed by atoms with van der Waals surface area (Å²) in [5.74, 6) is -0.467. The number of hydrogen-bond donors (Lipinski definition) is 1. The number of aromatic nitrogens is 1. The Kier molecular flexibility index (Phi) is 6.59. The zero-order valence-electron chi connectivity index (χ0n) is 15.3. The molecule has 28 heavy (non-hydrogen) atoms. The SMILES string of the molecule is CCOC(=O)c1ccccc1NC(=O)N1CCN(c2c(Cl)cncc2Cl)CC1. The third kappa shape index (κ3) is 4.48. The van der Waals surface area contributed by atoms with E-state index in [-0.39, 0.29) is 12.6 Å². The summed E-state index contributed by atoms with van der Waals surface area (Å²) in [6.07, 6.45) is 3.10. The number of benzene rings is 1. The topological polar surface area (TPSA) is 74.8 Å². The molecule has 0 unspecified atom stereocenters. The Morgan fingerprint density at radius 3 is 2.39 bits per heavy atom. The molecule has 0 spiro atoms. The van der Waals surface area contributed by atoms with Gasteiger partial charge in [0.2, 0.25) is 0 Å². The van der Waals surface area contributed by atoms with Gasteiger partial charge in [-0.2, -0.15) is 0 Å². The number of rotatable bonds is 4. The predicted molar refractivity (Wildman–Crippen MR) is 109 cm³/mol. The summed E-state index contributed by atoms with van der Waals surface area (Å²) < 4.78 is 5.04. The number of pyridine rings is 1. The molecule has 7 nitrogen and oxygen atoms in total. The molecule has 1 N–H and O–H groups in total. The van der Waals surface area contributed by atoms with Crippen LogP contribution in [0.1, 0.15) is 17.3 Å². The standard InChI is InChI=1S/C19H20Cl2N4O3/c1-2-28-18(26)13-5-3-4-6-16(13)23-19(27)25-9-7-24(8-10-25)17-14(20)11-22-12-15(17)21/h3-6,11-12H,2,7-10H2,1H3,(H,23,27). The maximum atomic E-state index is 12.7. The van der Waals surface area contributed by atoms with Crippen LogP contribution in [0.3, 0.4) is 0 Å². The number of nitrogens with zero attached hydrogens (tertiary/aromatic N) is 3. The highest BCUT2D eigenvalue weighted by atomic mass is 35.5. The van der Waals surface area contributed by atoms with Crippen molar-refractivity contribution in [2.24, 2.45) is 0 Å². The number of amides is 2. The van der Waals surface area contributed by atoms with Crippen LogP contribution >= 0.6 is 23.2 Å². The normalized spacial score (nSPS) is 14.0. The lowest BCUT2D eigenvalue weighted by Crippen LogP contribution is -2.50. The molecule has 2 heterocycles. The van der Waals surface area contributed by atoms with E-state index >= 15 is 0 Å². The third-order valence-electron chi connectivity index (χ3n) is 4.38. The fraction of sp³-hybridized carbons (Fsp3) is 0.316. The van der Waals surface area contributed by atoms with E-state index < -0.39 is 5.97 Å². The molecule has 1 aromatic heterocycles. The van der Waals surface area contributed by atoms with Gasteiger partial charge in [0.1, 0.15) is 0 Å². The fourth-order valence-corrected chi connectivity index (χ4v) is 3.62. The number of carbonyl (C=O) groups excluding carboxylic acids is 2. The zero-order chi connectivity index (χ0) is 20.1. The van der Waals surface area contributed by atoms with Crippen LogP contribution in [0.15, 0.2) is 36.7 Å². The first kappa shape index (κ1) is 20.2. The molecule has 0 aliphatic carbocycles. The first-order chi connectivity index (χ1) is 13.5. The Morgan fingerprint density at radius 2 is 1.75 bits per heavy atom. The van der Waals surface area contributed by atoms with Crippen molar-refractivity contribution in [3.8, 4) is 0 Å². The first-order valence-corrected chi connectivity index (χ1v) is 9.63. The number of urea groups is 1. The molecule has 1 aromatic carbocycles. The number of anilines is 2. The summed E-state index contributed by atoms with van der Waals surface area (Å²) >= 11 is 12.4. The maximum absolute atomic E-state index is 12.7.